The molecule has 0 saturated heterocycles. The van der Waals surface area contributed by atoms with Gasteiger partial charge in [0.2, 0.25) is 0 Å². The van der Waals surface area contributed by atoms with Crippen molar-refractivity contribution in [3.63, 3.8) is 0 Å². The lowest BCUT2D eigenvalue weighted by molar-refractivity contribution is -0.112. The highest BCUT2D eigenvalue weighted by atomic mass is 19.1. The Balaban J connectivity index is 1.75. The molecule has 1 N–H and O–H groups in total. The van der Waals surface area contributed by atoms with Gasteiger partial charge in [-0.1, -0.05) is 60.7 Å². The molecule has 0 aliphatic carbocycles. The molecule has 0 spiro atoms. The van der Waals surface area contributed by atoms with Crippen LogP contribution in [0, 0.1) is 17.1 Å². The SMILES string of the molecule is N#CC(=Cc1cn(-c2ccccc2)nc1-c1ccccc1)C(=O)Nc1ccccc1F. The molecule has 1 amide bonds. The Morgan fingerprint density at radius 1 is 0.968 bits per heavy atom. The summed E-state index contributed by atoms with van der Waals surface area (Å²) in [5, 5.41) is 16.7. The van der Waals surface area contributed by atoms with E-state index in [0.29, 0.717) is 11.3 Å². The van der Waals surface area contributed by atoms with Gasteiger partial charge in [0, 0.05) is 17.3 Å². The van der Waals surface area contributed by atoms with Crippen molar-refractivity contribution in [2.45, 2.75) is 0 Å². The molecular formula is C25H17FN4O. The van der Waals surface area contributed by atoms with Crippen LogP contribution in [0.1, 0.15) is 5.56 Å². The number of carbonyl (C=O) groups excluding carboxylic acids is 1. The smallest absolute Gasteiger partial charge is 0.266 e. The summed E-state index contributed by atoms with van der Waals surface area (Å²) in [4.78, 5) is 12.6. The molecule has 4 rings (SSSR count). The second kappa shape index (κ2) is 8.89. The van der Waals surface area contributed by atoms with Crippen LogP contribution in [0.15, 0.2) is 96.7 Å². The third-order valence-electron chi connectivity index (χ3n) is 4.60. The zero-order valence-corrected chi connectivity index (χ0v) is 16.4. The van der Waals surface area contributed by atoms with Crippen LogP contribution in [-0.2, 0) is 4.79 Å². The van der Waals surface area contributed by atoms with E-state index in [9.17, 15) is 14.4 Å². The number of nitrogens with zero attached hydrogens (tertiary/aromatic N) is 3. The summed E-state index contributed by atoms with van der Waals surface area (Å²) < 4.78 is 15.6. The number of rotatable bonds is 5. The van der Waals surface area contributed by atoms with E-state index in [1.54, 1.807) is 16.9 Å². The van der Waals surface area contributed by atoms with Crippen LogP contribution in [-0.4, -0.2) is 15.7 Å². The Bertz CT molecular complexity index is 1290. The Labute approximate surface area is 178 Å². The Kier molecular flexibility index (Phi) is 5.68. The fourth-order valence-corrected chi connectivity index (χ4v) is 3.08. The molecule has 0 radical (unpaired) electrons. The second-order valence-electron chi connectivity index (χ2n) is 6.68. The number of halogens is 1. The molecule has 0 aliphatic rings. The predicted molar refractivity (Wildman–Crippen MR) is 118 cm³/mol. The van der Waals surface area contributed by atoms with Crippen LogP contribution in [0.5, 0.6) is 0 Å². The van der Waals surface area contributed by atoms with Crippen LogP contribution < -0.4 is 5.32 Å². The first-order valence-corrected chi connectivity index (χ1v) is 9.54. The molecule has 0 unspecified atom stereocenters. The molecule has 150 valence electrons. The standard InChI is InChI=1S/C25H17FN4O/c26-22-13-7-8-14-23(22)28-25(31)19(16-27)15-20-17-30(21-11-5-2-6-12-21)29-24(20)18-9-3-1-4-10-18/h1-15,17H,(H,28,31). The lowest BCUT2D eigenvalue weighted by Gasteiger charge is -2.05. The van der Waals surface area contributed by atoms with Crippen molar-refractivity contribution in [1.82, 2.24) is 9.78 Å². The van der Waals surface area contributed by atoms with Crippen LogP contribution >= 0.6 is 0 Å². The van der Waals surface area contributed by atoms with Gasteiger partial charge in [-0.15, -0.1) is 0 Å². The van der Waals surface area contributed by atoms with E-state index in [-0.39, 0.29) is 11.3 Å². The fourth-order valence-electron chi connectivity index (χ4n) is 3.08. The van der Waals surface area contributed by atoms with Crippen molar-refractivity contribution >= 4 is 17.7 Å². The summed E-state index contributed by atoms with van der Waals surface area (Å²) in [5.41, 5.74) is 2.75. The number of hydrogen-bond donors (Lipinski definition) is 1. The first kappa shape index (κ1) is 19.8. The van der Waals surface area contributed by atoms with Gasteiger partial charge in [0.1, 0.15) is 17.5 Å². The first-order chi connectivity index (χ1) is 15.2. The van der Waals surface area contributed by atoms with E-state index in [2.05, 4.69) is 10.4 Å². The summed E-state index contributed by atoms with van der Waals surface area (Å²) in [7, 11) is 0. The van der Waals surface area contributed by atoms with Crippen molar-refractivity contribution in [1.29, 1.82) is 5.26 Å². The number of hydrogen-bond acceptors (Lipinski definition) is 3. The number of carbonyl (C=O) groups is 1. The third-order valence-corrected chi connectivity index (χ3v) is 4.60. The Hall–Kier alpha value is -4.50. The first-order valence-electron chi connectivity index (χ1n) is 9.54. The largest absolute Gasteiger partial charge is 0.319 e. The van der Waals surface area contributed by atoms with Gasteiger partial charge in [-0.25, -0.2) is 9.07 Å². The molecule has 4 aromatic rings. The highest BCUT2D eigenvalue weighted by Crippen LogP contribution is 2.26. The lowest BCUT2D eigenvalue weighted by atomic mass is 10.1. The number of anilines is 1. The number of para-hydroxylation sites is 2. The Morgan fingerprint density at radius 2 is 1.61 bits per heavy atom. The molecule has 3 aromatic carbocycles. The normalized spacial score (nSPS) is 11.0. The average molecular weight is 408 g/mol. The van der Waals surface area contributed by atoms with E-state index in [4.69, 9.17) is 0 Å². The molecule has 5 nitrogen and oxygen atoms in total. The summed E-state index contributed by atoms with van der Waals surface area (Å²) in [6.07, 6.45) is 3.22. The molecule has 31 heavy (non-hydrogen) atoms. The highest BCUT2D eigenvalue weighted by molar-refractivity contribution is 6.10. The van der Waals surface area contributed by atoms with Gasteiger partial charge in [-0.3, -0.25) is 4.79 Å². The van der Waals surface area contributed by atoms with Gasteiger partial charge < -0.3 is 5.32 Å². The molecular weight excluding hydrogens is 391 g/mol. The van der Waals surface area contributed by atoms with Crippen LogP contribution in [0.2, 0.25) is 0 Å². The Morgan fingerprint density at radius 3 is 2.29 bits per heavy atom. The minimum Gasteiger partial charge on any atom is -0.319 e. The number of nitrogens with one attached hydrogen (secondary N) is 1. The molecule has 0 saturated carbocycles. The van der Waals surface area contributed by atoms with E-state index in [1.807, 2.05) is 66.7 Å². The fraction of sp³-hybridized carbons (Fsp3) is 0. The van der Waals surface area contributed by atoms with Gasteiger partial charge in [0.15, 0.2) is 0 Å². The van der Waals surface area contributed by atoms with Crippen molar-refractivity contribution in [3.8, 4) is 23.0 Å². The predicted octanol–water partition coefficient (Wildman–Crippen LogP) is 5.22. The third kappa shape index (κ3) is 4.41. The van der Waals surface area contributed by atoms with Crippen LogP contribution in [0.3, 0.4) is 0 Å². The molecule has 0 fully saturated rings. The molecule has 0 aliphatic heterocycles. The highest BCUT2D eigenvalue weighted by Gasteiger charge is 2.16. The van der Waals surface area contributed by atoms with E-state index >= 15 is 0 Å². The molecule has 1 aromatic heterocycles. The number of nitriles is 1. The molecule has 6 heteroatoms. The van der Waals surface area contributed by atoms with Gasteiger partial charge in [0.05, 0.1) is 17.1 Å². The maximum Gasteiger partial charge on any atom is 0.266 e. The quantitative estimate of drug-likeness (QED) is 0.363. The number of benzene rings is 3. The summed E-state index contributed by atoms with van der Waals surface area (Å²) >= 11 is 0. The summed E-state index contributed by atoms with van der Waals surface area (Å²) in [6.45, 7) is 0. The number of aromatic nitrogens is 2. The maximum atomic E-state index is 13.9. The average Bonchev–Trinajstić information content (AvgIpc) is 3.24. The zero-order valence-electron chi connectivity index (χ0n) is 16.4. The van der Waals surface area contributed by atoms with Crippen molar-refractivity contribution in [2.75, 3.05) is 5.32 Å². The van der Waals surface area contributed by atoms with E-state index < -0.39 is 11.7 Å². The number of amides is 1. The molecule has 1 heterocycles. The van der Waals surface area contributed by atoms with Gasteiger partial charge in [-0.05, 0) is 30.3 Å². The summed E-state index contributed by atoms with van der Waals surface area (Å²) in [5.74, 6) is -1.27. The second-order valence-corrected chi connectivity index (χ2v) is 6.68. The minimum atomic E-state index is -0.695. The monoisotopic (exact) mass is 408 g/mol. The maximum absolute atomic E-state index is 13.9. The minimum absolute atomic E-state index is 0.0110. The van der Waals surface area contributed by atoms with Crippen molar-refractivity contribution in [2.24, 2.45) is 0 Å². The molecule has 0 bridgehead atoms. The van der Waals surface area contributed by atoms with Gasteiger partial charge in [0.25, 0.3) is 5.91 Å². The van der Waals surface area contributed by atoms with Gasteiger partial charge in [-0.2, -0.15) is 10.4 Å². The summed E-state index contributed by atoms with van der Waals surface area (Å²) in [6, 6.07) is 26.7. The topological polar surface area (TPSA) is 70.7 Å². The van der Waals surface area contributed by atoms with Crippen LogP contribution in [0.4, 0.5) is 10.1 Å². The van der Waals surface area contributed by atoms with E-state index in [0.717, 1.165) is 11.3 Å². The van der Waals surface area contributed by atoms with Crippen molar-refractivity contribution in [3.05, 3.63) is 108 Å². The van der Waals surface area contributed by atoms with Gasteiger partial charge >= 0.3 is 0 Å². The van der Waals surface area contributed by atoms with Crippen molar-refractivity contribution < 1.29 is 9.18 Å². The van der Waals surface area contributed by atoms with E-state index in [1.165, 1.54) is 24.3 Å². The lowest BCUT2D eigenvalue weighted by Crippen LogP contribution is -2.14. The molecule has 0 atom stereocenters. The zero-order chi connectivity index (χ0) is 21.6. The van der Waals surface area contributed by atoms with Crippen LogP contribution in [0.25, 0.3) is 23.0 Å².